The second-order valence-electron chi connectivity index (χ2n) is 29.1. The highest BCUT2D eigenvalue weighted by Gasteiger charge is 2.27. The van der Waals surface area contributed by atoms with E-state index in [0.29, 0.717) is 23.3 Å². The van der Waals surface area contributed by atoms with Gasteiger partial charge >= 0.3 is 0 Å². The van der Waals surface area contributed by atoms with Gasteiger partial charge in [-0.25, -0.2) is 34.9 Å². The third-order valence-electron chi connectivity index (χ3n) is 22.1. The highest BCUT2D eigenvalue weighted by molar-refractivity contribution is 7.27. The van der Waals surface area contributed by atoms with E-state index in [1.165, 1.54) is 20.2 Å². The predicted molar refractivity (Wildman–Crippen MR) is 481 cm³/mol. The maximum Gasteiger partial charge on any atom is 0.165 e. The van der Waals surface area contributed by atoms with E-state index in [1.807, 2.05) is 72.0 Å². The lowest BCUT2D eigenvalue weighted by Gasteiger charge is -2.24. The maximum atomic E-state index is 5.58. The molecule has 0 amide bonds. The SMILES string of the molecule is c1ccc(C2=NC(c3cccc4c3sc3c(-c5ccc(-c6nc7ccc(-c8ccccc8)cc7n6-c6ccccc6)cc5)cc(-c5cccc(-c6ccc7c(c6)nc(-c6ccc(-c8cccc9c8sc8c(-c%10nc(-c%11ccccc%11)nc(-c%11ccccc%11)n%10)cccc89)cc6)n7-c6ccccc6)c5)cc34)NC(c3ccccc3)=N2)cc1. The molecule has 0 bridgehead atoms. The Balaban J connectivity index is 0.638. The molecule has 12 heteroatoms. The molecule has 0 radical (unpaired) electrons. The minimum Gasteiger partial charge on any atom is -0.344 e. The number of hydrogen-bond donors (Lipinski definition) is 1. The van der Waals surface area contributed by atoms with E-state index in [1.54, 1.807) is 11.3 Å². The number of aromatic nitrogens is 7. The van der Waals surface area contributed by atoms with Crippen LogP contribution >= 0.6 is 22.7 Å². The summed E-state index contributed by atoms with van der Waals surface area (Å²) in [6.45, 7) is 0. The molecule has 0 fully saturated rings. The largest absolute Gasteiger partial charge is 0.344 e. The lowest BCUT2D eigenvalue weighted by Crippen LogP contribution is -2.33. The Labute approximate surface area is 676 Å². The highest BCUT2D eigenvalue weighted by atomic mass is 32.1. The molecule has 6 heterocycles. The van der Waals surface area contributed by atoms with E-state index < -0.39 is 6.17 Å². The van der Waals surface area contributed by atoms with Crippen molar-refractivity contribution in [3.05, 3.63) is 405 Å². The van der Waals surface area contributed by atoms with Crippen LogP contribution in [0.5, 0.6) is 0 Å². The molecular formula is C104H66N10S2. The van der Waals surface area contributed by atoms with Crippen molar-refractivity contribution in [2.24, 2.45) is 9.98 Å². The summed E-state index contributed by atoms with van der Waals surface area (Å²) >= 11 is 3.61. The van der Waals surface area contributed by atoms with Crippen molar-refractivity contribution in [2.45, 2.75) is 6.17 Å². The molecule has 1 aliphatic heterocycles. The van der Waals surface area contributed by atoms with Gasteiger partial charge in [0.15, 0.2) is 23.3 Å². The van der Waals surface area contributed by atoms with E-state index in [2.05, 4.69) is 342 Å². The van der Waals surface area contributed by atoms with Gasteiger partial charge in [0.25, 0.3) is 0 Å². The summed E-state index contributed by atoms with van der Waals surface area (Å²) in [6, 6.07) is 138. The van der Waals surface area contributed by atoms with Crippen molar-refractivity contribution < 1.29 is 0 Å². The quantitative estimate of drug-likeness (QED) is 0.109. The van der Waals surface area contributed by atoms with Gasteiger partial charge < -0.3 is 5.32 Å². The monoisotopic (exact) mass is 1520 g/mol. The second-order valence-corrected chi connectivity index (χ2v) is 31.2. The van der Waals surface area contributed by atoms with Gasteiger partial charge in [0.2, 0.25) is 0 Å². The van der Waals surface area contributed by atoms with Gasteiger partial charge in [0.1, 0.15) is 23.7 Å². The van der Waals surface area contributed by atoms with Crippen LogP contribution in [0.4, 0.5) is 0 Å². The Morgan fingerprint density at radius 1 is 0.250 bits per heavy atom. The van der Waals surface area contributed by atoms with Crippen LogP contribution in [0.1, 0.15) is 22.9 Å². The number of hydrogen-bond acceptors (Lipinski definition) is 10. The second kappa shape index (κ2) is 28.7. The zero-order valence-corrected chi connectivity index (χ0v) is 64.0. The molecule has 5 aromatic heterocycles. The normalized spacial score (nSPS) is 12.9. The minimum atomic E-state index is -0.425. The molecule has 1 N–H and O–H groups in total. The topological polar surface area (TPSA) is 111 Å². The fourth-order valence-corrected chi connectivity index (χ4v) is 19.1. The third kappa shape index (κ3) is 12.2. The number of aliphatic imine (C=N–C) groups is 2. The van der Waals surface area contributed by atoms with Crippen LogP contribution in [0.15, 0.2) is 398 Å². The first-order valence-corrected chi connectivity index (χ1v) is 40.5. The van der Waals surface area contributed by atoms with E-state index in [4.69, 9.17) is 34.9 Å². The van der Waals surface area contributed by atoms with Gasteiger partial charge in [-0.15, -0.1) is 22.7 Å². The van der Waals surface area contributed by atoms with Crippen LogP contribution in [-0.4, -0.2) is 45.7 Å². The van der Waals surface area contributed by atoms with Gasteiger partial charge in [0.05, 0.1) is 22.1 Å². The van der Waals surface area contributed by atoms with Crippen LogP contribution in [0.3, 0.4) is 0 Å². The van der Waals surface area contributed by atoms with E-state index in [0.717, 1.165) is 171 Å². The fraction of sp³-hybridized carbons (Fsp3) is 0.00962. The highest BCUT2D eigenvalue weighted by Crippen LogP contribution is 2.48. The first-order valence-electron chi connectivity index (χ1n) is 38.9. The number of imidazole rings is 2. The number of rotatable bonds is 15. The molecule has 0 spiro atoms. The summed E-state index contributed by atoms with van der Waals surface area (Å²) < 4.78 is 9.26. The number of benzene rings is 16. The van der Waals surface area contributed by atoms with Crippen LogP contribution in [0, 0.1) is 0 Å². The summed E-state index contributed by atoms with van der Waals surface area (Å²) in [5, 5.41) is 8.48. The van der Waals surface area contributed by atoms with Crippen molar-refractivity contribution in [1.29, 1.82) is 0 Å². The van der Waals surface area contributed by atoms with Crippen LogP contribution in [-0.2, 0) is 0 Å². The van der Waals surface area contributed by atoms with Crippen molar-refractivity contribution >= 4 is 96.8 Å². The maximum absolute atomic E-state index is 5.58. The molecular weight excluding hydrogens is 1450 g/mol. The first kappa shape index (κ1) is 67.9. The van der Waals surface area contributed by atoms with Gasteiger partial charge in [-0.1, -0.05) is 315 Å². The van der Waals surface area contributed by atoms with Gasteiger partial charge in [-0.3, -0.25) is 9.13 Å². The Hall–Kier alpha value is -15.0. The van der Waals surface area contributed by atoms with E-state index in [9.17, 15) is 0 Å². The number of fused-ring (bicyclic) bond motifs is 8. The molecule has 0 aliphatic carbocycles. The lowest BCUT2D eigenvalue weighted by atomic mass is 9.93. The predicted octanol–water partition coefficient (Wildman–Crippen LogP) is 26.5. The number of para-hydroxylation sites is 2. The molecule has 1 unspecified atom stereocenters. The van der Waals surface area contributed by atoms with Crippen LogP contribution in [0.2, 0.25) is 0 Å². The third-order valence-corrected chi connectivity index (χ3v) is 24.7. The Bertz CT molecular complexity index is 7370. The Morgan fingerprint density at radius 2 is 0.681 bits per heavy atom. The van der Waals surface area contributed by atoms with Crippen molar-refractivity contribution in [1.82, 2.24) is 39.4 Å². The summed E-state index contributed by atoms with van der Waals surface area (Å²) in [4.78, 5) is 36.9. The standard InChI is InChI=1S/C104H66N10S2/c1-8-26-65(27-9-1)77-56-58-89-92(64-77)114(80-40-20-7-21-41-80)103(105-89)72-54-50-67(51-55-72)87-61-78(62-88-84-45-25-47-86(95(84)116-96(87)88)102-111-99(70-32-14-4-15-33-70)108-100(112-102)71-34-16-5-17-35-71)75-37-22-36-74(60-75)76-57-59-91-90(63-76)106-104(113(91)79-38-18-6-19-39-79)73-52-48-66(49-53-73)81-42-23-43-82-83-44-24-46-85(94(83)115-93(81)82)101-109-97(68-28-10-2-11-29-68)107-98(110-101)69-30-12-3-13-31-69/h1-64,102H,(H,108,111,112). The van der Waals surface area contributed by atoms with Crippen LogP contribution < -0.4 is 5.32 Å². The first-order chi connectivity index (χ1) is 57.5. The van der Waals surface area contributed by atoms with Crippen molar-refractivity contribution in [3.63, 3.8) is 0 Å². The van der Waals surface area contributed by atoms with Gasteiger partial charge in [-0.2, -0.15) is 0 Å². The average Bonchev–Trinajstić information content (AvgIpc) is 1.59. The van der Waals surface area contributed by atoms with Gasteiger partial charge in [0, 0.05) is 102 Å². The summed E-state index contributed by atoms with van der Waals surface area (Å²) in [5.41, 5.74) is 25.0. The fourth-order valence-electron chi connectivity index (χ4n) is 16.4. The Morgan fingerprint density at radius 3 is 1.30 bits per heavy atom. The van der Waals surface area contributed by atoms with Crippen molar-refractivity contribution in [3.8, 4) is 124 Å². The Kier molecular flexibility index (Phi) is 16.8. The molecule has 22 rings (SSSR count). The van der Waals surface area contributed by atoms with E-state index >= 15 is 0 Å². The summed E-state index contributed by atoms with van der Waals surface area (Å²) in [7, 11) is 0. The molecule has 21 aromatic rings. The molecule has 544 valence electrons. The molecule has 1 atom stereocenters. The number of thiophene rings is 2. The van der Waals surface area contributed by atoms with E-state index in [-0.39, 0.29) is 0 Å². The number of amidine groups is 2. The summed E-state index contributed by atoms with van der Waals surface area (Å²) in [6.07, 6.45) is -0.425. The molecule has 0 saturated heterocycles. The molecule has 1 aliphatic rings. The molecule has 16 aromatic carbocycles. The number of nitrogens with one attached hydrogen (secondary N) is 1. The smallest absolute Gasteiger partial charge is 0.165 e. The van der Waals surface area contributed by atoms with Crippen molar-refractivity contribution in [2.75, 3.05) is 0 Å². The molecule has 116 heavy (non-hydrogen) atoms. The van der Waals surface area contributed by atoms with Gasteiger partial charge in [-0.05, 0) is 123 Å². The zero-order valence-electron chi connectivity index (χ0n) is 62.4. The average molecular weight is 1520 g/mol. The molecule has 0 saturated carbocycles. The van der Waals surface area contributed by atoms with Crippen LogP contribution in [0.25, 0.3) is 186 Å². The molecule has 10 nitrogen and oxygen atoms in total. The number of nitrogens with zero attached hydrogens (tertiary/aromatic N) is 9. The zero-order chi connectivity index (χ0) is 76.6. The summed E-state index contributed by atoms with van der Waals surface area (Å²) in [5.74, 6) is 5.11. The lowest BCUT2D eigenvalue weighted by molar-refractivity contribution is 0.680. The minimum absolute atomic E-state index is 0.425.